The van der Waals surface area contributed by atoms with E-state index in [1.807, 2.05) is 30.0 Å². The number of hydrogen-bond acceptors (Lipinski definition) is 4. The van der Waals surface area contributed by atoms with E-state index in [1.54, 1.807) is 12.1 Å². The molecular weight excluding hydrogens is 280 g/mol. The smallest absolute Gasteiger partial charge is 0.254 e. The highest BCUT2D eigenvalue weighted by Crippen LogP contribution is 2.30. The molecule has 0 bridgehead atoms. The lowest BCUT2D eigenvalue weighted by Gasteiger charge is -2.21. The number of nitrogens with one attached hydrogen (secondary N) is 1. The third kappa shape index (κ3) is 2.36. The quantitative estimate of drug-likeness (QED) is 0.803. The van der Waals surface area contributed by atoms with Gasteiger partial charge in [-0.15, -0.1) is 0 Å². The van der Waals surface area contributed by atoms with Gasteiger partial charge in [-0.25, -0.2) is 0 Å². The topological polar surface area (TPSA) is 75.0 Å². The van der Waals surface area contributed by atoms with Crippen LogP contribution in [-0.2, 0) is 6.54 Å². The van der Waals surface area contributed by atoms with Crippen molar-refractivity contribution in [3.63, 3.8) is 0 Å². The number of hydrogen-bond donors (Lipinski definition) is 1. The monoisotopic (exact) mass is 296 g/mol. The molecule has 6 nitrogen and oxygen atoms in total. The van der Waals surface area contributed by atoms with Crippen LogP contribution in [-0.4, -0.2) is 32.3 Å². The molecule has 0 aliphatic heterocycles. The van der Waals surface area contributed by atoms with Crippen LogP contribution >= 0.6 is 0 Å². The average molecular weight is 296 g/mol. The van der Waals surface area contributed by atoms with Crippen LogP contribution in [0.1, 0.15) is 34.7 Å². The van der Waals surface area contributed by atoms with Crippen LogP contribution in [0.3, 0.4) is 0 Å². The first-order chi connectivity index (χ1) is 10.7. The van der Waals surface area contributed by atoms with Crippen molar-refractivity contribution in [1.82, 2.24) is 20.3 Å². The summed E-state index contributed by atoms with van der Waals surface area (Å²) in [5.41, 5.74) is 2.10. The molecule has 2 heterocycles. The van der Waals surface area contributed by atoms with Crippen LogP contribution in [0.2, 0.25) is 0 Å². The molecule has 0 spiro atoms. The molecule has 1 saturated carbocycles. The third-order valence-corrected chi connectivity index (χ3v) is 3.93. The number of carbonyl (C=O) groups excluding carboxylic acids is 1. The van der Waals surface area contributed by atoms with E-state index < -0.39 is 0 Å². The fourth-order valence-electron chi connectivity index (χ4n) is 2.63. The maximum absolute atomic E-state index is 12.8. The average Bonchev–Trinajstić information content (AvgIpc) is 3.10. The Bertz CT molecular complexity index is 831. The van der Waals surface area contributed by atoms with Gasteiger partial charge in [0.25, 0.3) is 5.91 Å². The second-order valence-corrected chi connectivity index (χ2v) is 5.70. The number of carbonyl (C=O) groups is 1. The van der Waals surface area contributed by atoms with E-state index >= 15 is 0 Å². The van der Waals surface area contributed by atoms with E-state index in [9.17, 15) is 4.79 Å². The number of aryl methyl sites for hydroxylation is 1. The zero-order chi connectivity index (χ0) is 15.1. The minimum Gasteiger partial charge on any atom is -0.464 e. The van der Waals surface area contributed by atoms with E-state index in [2.05, 4.69) is 15.4 Å². The maximum Gasteiger partial charge on any atom is 0.254 e. The first kappa shape index (κ1) is 13.1. The van der Waals surface area contributed by atoms with Crippen LogP contribution in [0.25, 0.3) is 11.0 Å². The molecule has 112 valence electrons. The molecule has 3 aromatic rings. The van der Waals surface area contributed by atoms with Crippen molar-refractivity contribution in [3.05, 3.63) is 47.4 Å². The molecule has 0 atom stereocenters. The minimum atomic E-state index is 0.0152. The lowest BCUT2D eigenvalue weighted by atomic mass is 10.1. The van der Waals surface area contributed by atoms with Gasteiger partial charge in [-0.3, -0.25) is 4.79 Å². The number of H-pyrrole nitrogens is 1. The van der Waals surface area contributed by atoms with Gasteiger partial charge in [-0.1, -0.05) is 0 Å². The highest BCUT2D eigenvalue weighted by Gasteiger charge is 2.33. The van der Waals surface area contributed by atoms with Crippen LogP contribution in [0.4, 0.5) is 0 Å². The van der Waals surface area contributed by atoms with Crippen LogP contribution in [0.15, 0.2) is 34.7 Å². The summed E-state index contributed by atoms with van der Waals surface area (Å²) >= 11 is 0. The standard InChI is InChI=1S/C16H16N4O2/c1-10-2-6-13(22-10)9-20(12-4-5-12)16(21)11-3-7-14-15(8-11)18-19-17-14/h2-3,6-8,12H,4-5,9H2,1H3,(H,17,18,19). The van der Waals surface area contributed by atoms with Crippen molar-refractivity contribution in [2.24, 2.45) is 0 Å². The lowest BCUT2D eigenvalue weighted by Crippen LogP contribution is -2.32. The molecule has 1 aromatic carbocycles. The number of rotatable bonds is 4. The van der Waals surface area contributed by atoms with Crippen molar-refractivity contribution in [1.29, 1.82) is 0 Å². The van der Waals surface area contributed by atoms with Crippen LogP contribution < -0.4 is 0 Å². The number of benzene rings is 1. The summed E-state index contributed by atoms with van der Waals surface area (Å²) in [7, 11) is 0. The van der Waals surface area contributed by atoms with Gasteiger partial charge < -0.3 is 9.32 Å². The number of amides is 1. The van der Waals surface area contributed by atoms with Crippen molar-refractivity contribution in [2.45, 2.75) is 32.4 Å². The SMILES string of the molecule is Cc1ccc(CN(C(=O)c2ccc3n[nH]nc3c2)C2CC2)o1. The second-order valence-electron chi connectivity index (χ2n) is 5.70. The molecule has 0 unspecified atom stereocenters. The molecule has 6 heteroatoms. The Labute approximate surface area is 127 Å². The van der Waals surface area contributed by atoms with E-state index in [0.29, 0.717) is 23.7 Å². The number of aromatic nitrogens is 3. The van der Waals surface area contributed by atoms with Gasteiger partial charge in [-0.2, -0.15) is 15.4 Å². The van der Waals surface area contributed by atoms with E-state index in [4.69, 9.17) is 4.42 Å². The summed E-state index contributed by atoms with van der Waals surface area (Å²) in [5.74, 6) is 1.70. The fourth-order valence-corrected chi connectivity index (χ4v) is 2.63. The number of furan rings is 1. The first-order valence-electron chi connectivity index (χ1n) is 7.37. The van der Waals surface area contributed by atoms with Crippen molar-refractivity contribution >= 4 is 16.9 Å². The largest absolute Gasteiger partial charge is 0.464 e. The Balaban J connectivity index is 1.62. The molecule has 4 rings (SSSR count). The van der Waals surface area contributed by atoms with Crippen molar-refractivity contribution in [3.8, 4) is 0 Å². The minimum absolute atomic E-state index is 0.0152. The van der Waals surface area contributed by atoms with Crippen LogP contribution in [0.5, 0.6) is 0 Å². The summed E-state index contributed by atoms with van der Waals surface area (Å²) in [5, 5.41) is 10.6. The Morgan fingerprint density at radius 1 is 1.27 bits per heavy atom. The molecule has 0 saturated heterocycles. The van der Waals surface area contributed by atoms with E-state index in [-0.39, 0.29) is 5.91 Å². The molecule has 2 aromatic heterocycles. The second kappa shape index (κ2) is 4.98. The number of fused-ring (bicyclic) bond motifs is 1. The Hall–Kier alpha value is -2.63. The molecule has 1 N–H and O–H groups in total. The first-order valence-corrected chi connectivity index (χ1v) is 7.37. The van der Waals surface area contributed by atoms with Crippen molar-refractivity contribution in [2.75, 3.05) is 0 Å². The van der Waals surface area contributed by atoms with Gasteiger partial charge in [0.15, 0.2) is 0 Å². The van der Waals surface area contributed by atoms with Gasteiger partial charge in [0, 0.05) is 11.6 Å². The molecule has 0 radical (unpaired) electrons. The van der Waals surface area contributed by atoms with Crippen LogP contribution in [0, 0.1) is 6.92 Å². The summed E-state index contributed by atoms with van der Waals surface area (Å²) < 4.78 is 5.61. The molecule has 22 heavy (non-hydrogen) atoms. The maximum atomic E-state index is 12.8. The summed E-state index contributed by atoms with van der Waals surface area (Å²) in [6.07, 6.45) is 2.11. The Morgan fingerprint density at radius 2 is 2.09 bits per heavy atom. The molecular formula is C16H16N4O2. The summed E-state index contributed by atoms with van der Waals surface area (Å²) in [4.78, 5) is 14.7. The van der Waals surface area contributed by atoms with Crippen molar-refractivity contribution < 1.29 is 9.21 Å². The third-order valence-electron chi connectivity index (χ3n) is 3.93. The van der Waals surface area contributed by atoms with Gasteiger partial charge >= 0.3 is 0 Å². The van der Waals surface area contributed by atoms with Gasteiger partial charge in [0.05, 0.1) is 6.54 Å². The zero-order valence-electron chi connectivity index (χ0n) is 12.2. The van der Waals surface area contributed by atoms with Gasteiger partial charge in [-0.05, 0) is 50.1 Å². The predicted molar refractivity (Wildman–Crippen MR) is 80.2 cm³/mol. The Morgan fingerprint density at radius 3 is 2.82 bits per heavy atom. The normalized spacial score (nSPS) is 14.4. The lowest BCUT2D eigenvalue weighted by molar-refractivity contribution is 0.0717. The molecule has 1 aliphatic carbocycles. The number of nitrogens with zero attached hydrogens (tertiary/aromatic N) is 3. The molecule has 1 fully saturated rings. The predicted octanol–water partition coefficient (Wildman–Crippen LogP) is 2.66. The summed E-state index contributed by atoms with van der Waals surface area (Å²) in [6.45, 7) is 2.42. The van der Waals surface area contributed by atoms with E-state index in [0.717, 1.165) is 29.9 Å². The highest BCUT2D eigenvalue weighted by atomic mass is 16.3. The van der Waals surface area contributed by atoms with E-state index in [1.165, 1.54) is 0 Å². The highest BCUT2D eigenvalue weighted by molar-refractivity contribution is 5.97. The molecule has 1 aliphatic rings. The number of aromatic amines is 1. The van der Waals surface area contributed by atoms with Gasteiger partial charge in [0.2, 0.25) is 0 Å². The summed E-state index contributed by atoms with van der Waals surface area (Å²) in [6, 6.07) is 9.56. The molecule has 1 amide bonds. The zero-order valence-corrected chi connectivity index (χ0v) is 12.2. The Kier molecular flexibility index (Phi) is 2.96. The van der Waals surface area contributed by atoms with Gasteiger partial charge in [0.1, 0.15) is 22.6 Å². The fraction of sp³-hybridized carbons (Fsp3) is 0.312.